The Kier molecular flexibility index (Phi) is 4.03. The number of amides is 1. The van der Waals surface area contributed by atoms with E-state index in [1.165, 1.54) is 12.3 Å². The molecule has 0 aliphatic carbocycles. The van der Waals surface area contributed by atoms with E-state index in [4.69, 9.17) is 14.6 Å². The maximum absolute atomic E-state index is 11.6. The van der Waals surface area contributed by atoms with Gasteiger partial charge in [0.1, 0.15) is 5.76 Å². The van der Waals surface area contributed by atoms with Gasteiger partial charge >= 0.3 is 5.97 Å². The minimum atomic E-state index is -1.29. The first kappa shape index (κ1) is 13.4. The van der Waals surface area contributed by atoms with E-state index in [1.807, 2.05) is 0 Å². The van der Waals surface area contributed by atoms with Crippen molar-refractivity contribution in [3.05, 3.63) is 29.1 Å². The molecular formula is C11H10N2O5S. The molecule has 0 aromatic carbocycles. The number of thioether (sulfide) groups is 1. The van der Waals surface area contributed by atoms with E-state index in [0.717, 1.165) is 11.8 Å². The van der Waals surface area contributed by atoms with Crippen molar-refractivity contribution in [3.63, 3.8) is 0 Å². The van der Waals surface area contributed by atoms with E-state index < -0.39 is 18.6 Å². The molecule has 1 amide bonds. The smallest absolute Gasteiger partial charge is 0.330 e. The van der Waals surface area contributed by atoms with Gasteiger partial charge in [0.25, 0.3) is 5.91 Å². The number of rotatable bonds is 4. The average Bonchev–Trinajstić information content (AvgIpc) is 2.97. The normalized spacial score (nSPS) is 20.8. The summed E-state index contributed by atoms with van der Waals surface area (Å²) in [5.41, 5.74) is 0. The fraction of sp³-hybridized carbons (Fsp3) is 0.182. The molecule has 1 aromatic rings. The van der Waals surface area contributed by atoms with Gasteiger partial charge in [0.15, 0.2) is 11.2 Å². The summed E-state index contributed by atoms with van der Waals surface area (Å²) >= 11 is 0.994. The van der Waals surface area contributed by atoms with Crippen molar-refractivity contribution in [2.75, 3.05) is 6.61 Å². The van der Waals surface area contributed by atoms with Crippen LogP contribution in [-0.4, -0.2) is 39.9 Å². The summed E-state index contributed by atoms with van der Waals surface area (Å²) < 4.78 is 5.08. The molecule has 0 radical (unpaired) electrons. The minimum absolute atomic E-state index is 0.143. The van der Waals surface area contributed by atoms with Crippen LogP contribution in [0.2, 0.25) is 0 Å². The van der Waals surface area contributed by atoms with Crippen LogP contribution in [-0.2, 0) is 9.59 Å². The van der Waals surface area contributed by atoms with Crippen molar-refractivity contribution in [2.45, 2.75) is 6.04 Å². The van der Waals surface area contributed by atoms with Crippen LogP contribution < -0.4 is 5.32 Å². The average molecular weight is 282 g/mol. The molecule has 2 rings (SSSR count). The van der Waals surface area contributed by atoms with Gasteiger partial charge in [-0.1, -0.05) is 0 Å². The topological polar surface area (TPSA) is 112 Å². The highest BCUT2D eigenvalue weighted by Crippen LogP contribution is 2.26. The lowest BCUT2D eigenvalue weighted by Crippen LogP contribution is -2.27. The number of aliphatic carboxylic acids is 1. The van der Waals surface area contributed by atoms with Gasteiger partial charge in [-0.2, -0.15) is 0 Å². The minimum Gasteiger partial charge on any atom is -0.480 e. The molecule has 1 saturated heterocycles. The molecule has 1 aromatic heterocycles. The molecule has 0 bridgehead atoms. The first-order valence-corrected chi connectivity index (χ1v) is 6.07. The molecule has 0 spiro atoms. The van der Waals surface area contributed by atoms with Crippen LogP contribution in [0.25, 0.3) is 6.08 Å². The highest BCUT2D eigenvalue weighted by Gasteiger charge is 2.26. The number of carboxylic acids is 1. The van der Waals surface area contributed by atoms with Gasteiger partial charge in [0.2, 0.25) is 0 Å². The number of carboxylic acid groups (broad SMARTS) is 1. The molecule has 1 atom stereocenters. The van der Waals surface area contributed by atoms with E-state index in [9.17, 15) is 9.59 Å². The van der Waals surface area contributed by atoms with Crippen molar-refractivity contribution in [1.82, 2.24) is 5.32 Å². The molecule has 19 heavy (non-hydrogen) atoms. The largest absolute Gasteiger partial charge is 0.480 e. The molecule has 0 saturated carbocycles. The molecule has 3 N–H and O–H groups in total. The fourth-order valence-corrected chi connectivity index (χ4v) is 2.16. The first-order chi connectivity index (χ1) is 9.10. The first-order valence-electron chi connectivity index (χ1n) is 5.26. The quantitative estimate of drug-likeness (QED) is 0.684. The Morgan fingerprint density at radius 3 is 3.00 bits per heavy atom. The van der Waals surface area contributed by atoms with Crippen LogP contribution >= 0.6 is 11.8 Å². The van der Waals surface area contributed by atoms with E-state index in [-0.39, 0.29) is 11.1 Å². The summed E-state index contributed by atoms with van der Waals surface area (Å²) in [5, 5.41) is 20.2. The number of carbonyl (C=O) groups excluding carboxylic acids is 1. The van der Waals surface area contributed by atoms with E-state index >= 15 is 0 Å². The van der Waals surface area contributed by atoms with Crippen LogP contribution in [0.1, 0.15) is 5.76 Å². The number of aliphatic imine (C=N–C) groups is 1. The summed E-state index contributed by atoms with van der Waals surface area (Å²) in [6.07, 6.45) is 3.00. The molecule has 7 nitrogen and oxygen atoms in total. The van der Waals surface area contributed by atoms with Gasteiger partial charge in [-0.15, -0.1) is 0 Å². The van der Waals surface area contributed by atoms with Crippen LogP contribution in [0.15, 0.2) is 32.7 Å². The zero-order valence-electron chi connectivity index (χ0n) is 9.57. The Labute approximate surface area is 112 Å². The predicted octanol–water partition coefficient (Wildman–Crippen LogP) is 0.285. The van der Waals surface area contributed by atoms with Crippen LogP contribution in [0.3, 0.4) is 0 Å². The predicted molar refractivity (Wildman–Crippen MR) is 68.4 cm³/mol. The van der Waals surface area contributed by atoms with Crippen LogP contribution in [0.5, 0.6) is 0 Å². The molecule has 2 heterocycles. The van der Waals surface area contributed by atoms with Gasteiger partial charge in [-0.3, -0.25) is 4.79 Å². The van der Waals surface area contributed by atoms with Gasteiger partial charge in [0, 0.05) is 6.08 Å². The number of aliphatic hydroxyl groups excluding tert-OH is 1. The number of aliphatic hydroxyl groups is 1. The molecule has 1 fully saturated rings. The van der Waals surface area contributed by atoms with Crippen molar-refractivity contribution < 1.29 is 24.2 Å². The van der Waals surface area contributed by atoms with Crippen molar-refractivity contribution in [3.8, 4) is 0 Å². The number of hydrogen-bond donors (Lipinski definition) is 3. The monoisotopic (exact) mass is 282 g/mol. The Morgan fingerprint density at radius 1 is 1.63 bits per heavy atom. The third kappa shape index (κ3) is 3.24. The Hall–Kier alpha value is -2.06. The lowest BCUT2D eigenvalue weighted by molar-refractivity contribution is -0.139. The van der Waals surface area contributed by atoms with Gasteiger partial charge < -0.3 is 19.9 Å². The Bertz CT molecular complexity index is 549. The van der Waals surface area contributed by atoms with Gasteiger partial charge in [0.05, 0.1) is 17.8 Å². The third-order valence-electron chi connectivity index (χ3n) is 2.20. The van der Waals surface area contributed by atoms with Crippen molar-refractivity contribution in [2.24, 2.45) is 4.99 Å². The highest BCUT2D eigenvalue weighted by molar-refractivity contribution is 8.18. The molecule has 1 aliphatic heterocycles. The number of nitrogens with zero attached hydrogens (tertiary/aromatic N) is 1. The second-order valence-corrected chi connectivity index (χ2v) is 4.58. The number of amidine groups is 1. The fourth-order valence-electron chi connectivity index (χ4n) is 1.31. The van der Waals surface area contributed by atoms with Gasteiger partial charge in [-0.25, -0.2) is 9.79 Å². The number of furan rings is 1. The molecule has 1 aliphatic rings. The van der Waals surface area contributed by atoms with Crippen molar-refractivity contribution >= 4 is 34.9 Å². The second-order valence-electron chi connectivity index (χ2n) is 3.55. The molecule has 100 valence electrons. The maximum Gasteiger partial charge on any atom is 0.330 e. The SMILES string of the molecule is O=C1NC(=N[C@H](CO)C(=O)O)S/C1=C/c1ccco1. The molecule has 8 heteroatoms. The van der Waals surface area contributed by atoms with Crippen LogP contribution in [0, 0.1) is 0 Å². The summed E-state index contributed by atoms with van der Waals surface area (Å²) in [4.78, 5) is 26.4. The van der Waals surface area contributed by atoms with Crippen molar-refractivity contribution in [1.29, 1.82) is 0 Å². The molecular weight excluding hydrogens is 272 g/mol. The molecule has 0 unspecified atom stereocenters. The summed E-state index contributed by atoms with van der Waals surface area (Å²) in [5.74, 6) is -1.13. The second kappa shape index (κ2) is 5.72. The van der Waals surface area contributed by atoms with E-state index in [1.54, 1.807) is 12.1 Å². The lowest BCUT2D eigenvalue weighted by Gasteiger charge is -2.03. The highest BCUT2D eigenvalue weighted by atomic mass is 32.2. The third-order valence-corrected chi connectivity index (χ3v) is 3.12. The summed E-state index contributed by atoms with van der Waals surface area (Å²) in [6.45, 7) is -0.632. The van der Waals surface area contributed by atoms with E-state index in [2.05, 4.69) is 10.3 Å². The zero-order valence-corrected chi connectivity index (χ0v) is 10.4. The Morgan fingerprint density at radius 2 is 2.42 bits per heavy atom. The summed E-state index contributed by atoms with van der Waals surface area (Å²) in [6, 6.07) is 2.08. The maximum atomic E-state index is 11.6. The number of hydrogen-bond acceptors (Lipinski definition) is 6. The zero-order chi connectivity index (χ0) is 13.8. The van der Waals surface area contributed by atoms with Gasteiger partial charge in [-0.05, 0) is 23.9 Å². The van der Waals surface area contributed by atoms with Crippen LogP contribution in [0.4, 0.5) is 0 Å². The lowest BCUT2D eigenvalue weighted by atomic mass is 10.3. The number of carbonyl (C=O) groups is 2. The van der Waals surface area contributed by atoms with E-state index in [0.29, 0.717) is 10.7 Å². The Balaban J connectivity index is 2.15. The standard InChI is InChI=1S/C11H10N2O5S/c14-5-7(10(16)17)12-11-13-9(15)8(19-11)4-6-2-1-3-18-6/h1-4,7,14H,5H2,(H,16,17)(H,12,13,15)/b8-4+/t7-/m1/s1. The summed E-state index contributed by atoms with van der Waals surface area (Å²) in [7, 11) is 0. The number of nitrogens with one attached hydrogen (secondary N) is 1.